The number of nitrogens with zero attached hydrogens (tertiary/aromatic N) is 2. The Labute approximate surface area is 215 Å². The second-order valence-electron chi connectivity index (χ2n) is 10.1. The average molecular weight is 514 g/mol. The number of likely N-dealkylation sites (tertiary alicyclic amines) is 1. The highest BCUT2D eigenvalue weighted by Crippen LogP contribution is 2.26. The number of methoxy groups -OCH3 is 1. The molecule has 2 aromatic carbocycles. The molecule has 0 spiro atoms. The summed E-state index contributed by atoms with van der Waals surface area (Å²) in [5.74, 6) is 1.07. The summed E-state index contributed by atoms with van der Waals surface area (Å²) in [6.45, 7) is 6.03. The minimum atomic E-state index is -3.60. The van der Waals surface area contributed by atoms with Gasteiger partial charge in [0.2, 0.25) is 10.0 Å². The number of sulfonamides is 1. The average Bonchev–Trinajstić information content (AvgIpc) is 2.91. The molecule has 0 radical (unpaired) electrons. The lowest BCUT2D eigenvalue weighted by molar-refractivity contribution is 0.0983. The van der Waals surface area contributed by atoms with E-state index in [4.69, 9.17) is 4.74 Å². The van der Waals surface area contributed by atoms with Crippen molar-refractivity contribution in [3.8, 4) is 5.75 Å². The van der Waals surface area contributed by atoms with E-state index in [-0.39, 0.29) is 23.3 Å². The zero-order valence-electron chi connectivity index (χ0n) is 21.5. The molecule has 36 heavy (non-hydrogen) atoms. The maximum Gasteiger partial charge on any atom is 0.243 e. The van der Waals surface area contributed by atoms with Crippen LogP contribution in [0.3, 0.4) is 0 Å². The molecule has 0 amide bonds. The van der Waals surface area contributed by atoms with E-state index in [1.807, 2.05) is 12.1 Å². The predicted molar refractivity (Wildman–Crippen MR) is 142 cm³/mol. The maximum atomic E-state index is 13.2. The smallest absolute Gasteiger partial charge is 0.243 e. The van der Waals surface area contributed by atoms with Gasteiger partial charge in [0.25, 0.3) is 0 Å². The summed E-state index contributed by atoms with van der Waals surface area (Å²) < 4.78 is 33.2. The molecule has 0 aliphatic carbocycles. The monoisotopic (exact) mass is 513 g/mol. The number of carbonyl (C=O) groups is 1. The third-order valence-corrected chi connectivity index (χ3v) is 9.23. The Morgan fingerprint density at radius 3 is 2.50 bits per heavy atom. The third-order valence-electron chi connectivity index (χ3n) is 7.37. The van der Waals surface area contributed by atoms with Crippen molar-refractivity contribution in [2.75, 3.05) is 46.4 Å². The van der Waals surface area contributed by atoms with Crippen LogP contribution in [0.5, 0.6) is 5.75 Å². The topological polar surface area (TPSA) is 78.9 Å². The van der Waals surface area contributed by atoms with Crippen LogP contribution < -0.4 is 10.1 Å². The first-order valence-corrected chi connectivity index (χ1v) is 14.5. The van der Waals surface area contributed by atoms with Crippen LogP contribution in [0.1, 0.15) is 61.0 Å². The van der Waals surface area contributed by atoms with Gasteiger partial charge in [-0.1, -0.05) is 37.6 Å². The lowest BCUT2D eigenvalue weighted by Crippen LogP contribution is -2.40. The number of hydrogen-bond donors (Lipinski definition) is 1. The van der Waals surface area contributed by atoms with Crippen molar-refractivity contribution in [1.82, 2.24) is 14.5 Å². The normalized spacial score (nSPS) is 20.7. The first-order valence-electron chi connectivity index (χ1n) is 13.1. The van der Waals surface area contributed by atoms with Gasteiger partial charge >= 0.3 is 0 Å². The van der Waals surface area contributed by atoms with Gasteiger partial charge in [0, 0.05) is 31.2 Å². The zero-order valence-corrected chi connectivity index (χ0v) is 22.3. The van der Waals surface area contributed by atoms with E-state index < -0.39 is 10.0 Å². The molecule has 2 saturated heterocycles. The fourth-order valence-electron chi connectivity index (χ4n) is 5.28. The van der Waals surface area contributed by atoms with Crippen LogP contribution in [0.4, 0.5) is 0 Å². The van der Waals surface area contributed by atoms with Crippen LogP contribution in [0.25, 0.3) is 0 Å². The van der Waals surface area contributed by atoms with Gasteiger partial charge in [-0.2, -0.15) is 4.31 Å². The van der Waals surface area contributed by atoms with Gasteiger partial charge in [0.1, 0.15) is 5.75 Å². The van der Waals surface area contributed by atoms with Gasteiger partial charge in [0.05, 0.1) is 18.6 Å². The highest BCUT2D eigenvalue weighted by molar-refractivity contribution is 7.89. The van der Waals surface area contributed by atoms with Crippen molar-refractivity contribution < 1.29 is 17.9 Å². The molecule has 2 heterocycles. The summed E-state index contributed by atoms with van der Waals surface area (Å²) >= 11 is 0. The number of nitrogens with one attached hydrogen (secondary N) is 1. The largest absolute Gasteiger partial charge is 0.497 e. The number of hydrogen-bond acceptors (Lipinski definition) is 6. The van der Waals surface area contributed by atoms with Crippen LogP contribution >= 0.6 is 0 Å². The van der Waals surface area contributed by atoms with Gasteiger partial charge in [-0.15, -0.1) is 0 Å². The molecule has 4 rings (SSSR count). The Hall–Kier alpha value is -2.26. The van der Waals surface area contributed by atoms with Crippen molar-refractivity contribution in [3.05, 3.63) is 59.7 Å². The van der Waals surface area contributed by atoms with Crippen molar-refractivity contribution in [2.24, 2.45) is 5.92 Å². The lowest BCUT2D eigenvalue weighted by Gasteiger charge is -2.35. The minimum absolute atomic E-state index is 0.105. The summed E-state index contributed by atoms with van der Waals surface area (Å²) in [6.07, 6.45) is 5.54. The first kappa shape index (κ1) is 26.8. The standard InChI is InChI=1S/C28H39N3O4S/c1-22-8-7-17-31(21-22)36(33,34)26-10-6-9-24(18-26)28(32)20-29-19-27(30-15-4-3-5-16-30)23-11-13-25(35-2)14-12-23/h6,9-14,18,22,27,29H,3-5,7-8,15-17,19-21H2,1-2H3. The molecule has 2 fully saturated rings. The molecule has 2 unspecified atom stereocenters. The number of carbonyl (C=O) groups excluding carboxylic acids is 1. The summed E-state index contributed by atoms with van der Waals surface area (Å²) in [6, 6.07) is 14.8. The molecular formula is C28H39N3O4S. The van der Waals surface area contributed by atoms with E-state index in [1.54, 1.807) is 29.6 Å². The van der Waals surface area contributed by atoms with Crippen molar-refractivity contribution in [3.63, 3.8) is 0 Å². The van der Waals surface area contributed by atoms with Crippen LogP contribution in [0.15, 0.2) is 53.4 Å². The molecule has 196 valence electrons. The molecular weight excluding hydrogens is 474 g/mol. The number of rotatable bonds is 10. The van der Waals surface area contributed by atoms with E-state index in [0.717, 1.165) is 31.7 Å². The molecule has 0 saturated carbocycles. The van der Waals surface area contributed by atoms with Crippen molar-refractivity contribution in [2.45, 2.75) is 50.0 Å². The number of ether oxygens (including phenoxy) is 1. The number of Topliss-reactive ketones (excluding diaryl/α,β-unsaturated/α-hetero) is 1. The molecule has 8 heteroatoms. The molecule has 0 bridgehead atoms. The molecule has 7 nitrogen and oxygen atoms in total. The molecule has 1 N–H and O–H groups in total. The summed E-state index contributed by atoms with van der Waals surface area (Å²) in [5.41, 5.74) is 1.62. The van der Waals surface area contributed by atoms with E-state index in [9.17, 15) is 13.2 Å². The lowest BCUT2D eigenvalue weighted by atomic mass is 10.0. The Balaban J connectivity index is 1.41. The summed E-state index contributed by atoms with van der Waals surface area (Å²) in [4.78, 5) is 15.7. The molecule has 2 atom stereocenters. The highest BCUT2D eigenvalue weighted by atomic mass is 32.2. The molecule has 2 aliphatic heterocycles. The van der Waals surface area contributed by atoms with Crippen LogP contribution in [0.2, 0.25) is 0 Å². The summed E-state index contributed by atoms with van der Waals surface area (Å²) in [7, 11) is -1.93. The quantitative estimate of drug-likeness (QED) is 0.482. The second kappa shape index (κ2) is 12.3. The number of ketones is 1. The Bertz CT molecular complexity index is 1110. The van der Waals surface area contributed by atoms with Crippen molar-refractivity contribution >= 4 is 15.8 Å². The van der Waals surface area contributed by atoms with Crippen LogP contribution in [-0.2, 0) is 10.0 Å². The highest BCUT2D eigenvalue weighted by Gasteiger charge is 2.29. The van der Waals surface area contributed by atoms with Crippen LogP contribution in [-0.4, -0.2) is 69.8 Å². The van der Waals surface area contributed by atoms with Gasteiger partial charge < -0.3 is 10.1 Å². The third kappa shape index (κ3) is 6.54. The SMILES string of the molecule is COc1ccc(C(CNCC(=O)c2cccc(S(=O)(=O)N3CCCC(C)C3)c2)N2CCCCC2)cc1. The van der Waals surface area contributed by atoms with Crippen LogP contribution in [0, 0.1) is 5.92 Å². The van der Waals surface area contributed by atoms with E-state index in [0.29, 0.717) is 31.1 Å². The second-order valence-corrected chi connectivity index (χ2v) is 12.0. The van der Waals surface area contributed by atoms with E-state index >= 15 is 0 Å². The van der Waals surface area contributed by atoms with E-state index in [2.05, 4.69) is 29.3 Å². The molecule has 2 aromatic rings. The zero-order chi connectivity index (χ0) is 25.5. The predicted octanol–water partition coefficient (Wildman–Crippen LogP) is 4.12. The fraction of sp³-hybridized carbons (Fsp3) is 0.536. The maximum absolute atomic E-state index is 13.2. The van der Waals surface area contributed by atoms with Crippen molar-refractivity contribution in [1.29, 1.82) is 0 Å². The summed E-state index contributed by atoms with van der Waals surface area (Å²) in [5, 5.41) is 3.35. The van der Waals surface area contributed by atoms with Gasteiger partial charge in [-0.3, -0.25) is 9.69 Å². The van der Waals surface area contributed by atoms with Gasteiger partial charge in [-0.25, -0.2) is 8.42 Å². The number of benzene rings is 2. The Morgan fingerprint density at radius 2 is 1.81 bits per heavy atom. The Kier molecular flexibility index (Phi) is 9.17. The minimum Gasteiger partial charge on any atom is -0.497 e. The fourth-order valence-corrected chi connectivity index (χ4v) is 6.93. The molecule has 0 aromatic heterocycles. The first-order chi connectivity index (χ1) is 17.4. The molecule has 2 aliphatic rings. The number of piperidine rings is 2. The van der Waals surface area contributed by atoms with Gasteiger partial charge in [0.15, 0.2) is 5.78 Å². The van der Waals surface area contributed by atoms with E-state index in [1.165, 1.54) is 30.9 Å². The van der Waals surface area contributed by atoms with Gasteiger partial charge in [-0.05, 0) is 74.5 Å². The Morgan fingerprint density at radius 1 is 1.06 bits per heavy atom.